The molecule has 0 aliphatic carbocycles. The van der Waals surface area contributed by atoms with E-state index in [1.165, 1.54) is 11.4 Å². The van der Waals surface area contributed by atoms with Crippen LogP contribution < -0.4 is 4.74 Å². The molecular formula is C16H23NO5S. The Labute approximate surface area is 137 Å². The lowest BCUT2D eigenvalue weighted by atomic mass is 9.82. The van der Waals surface area contributed by atoms with Crippen LogP contribution in [-0.4, -0.2) is 44.0 Å². The Morgan fingerprint density at radius 1 is 1.30 bits per heavy atom. The summed E-state index contributed by atoms with van der Waals surface area (Å²) in [6.45, 7) is 2.72. The zero-order valence-electron chi connectivity index (χ0n) is 13.4. The van der Waals surface area contributed by atoms with Crippen molar-refractivity contribution in [3.8, 4) is 5.75 Å². The van der Waals surface area contributed by atoms with Gasteiger partial charge < -0.3 is 9.84 Å². The number of methoxy groups -OCH3 is 1. The number of sulfonamides is 1. The number of hydrogen-bond acceptors (Lipinski definition) is 4. The molecule has 1 fully saturated rings. The number of nitrogens with zero attached hydrogens (tertiary/aromatic N) is 1. The zero-order valence-corrected chi connectivity index (χ0v) is 14.3. The van der Waals surface area contributed by atoms with Gasteiger partial charge in [-0.1, -0.05) is 13.3 Å². The molecule has 23 heavy (non-hydrogen) atoms. The van der Waals surface area contributed by atoms with Crippen LogP contribution in [0.5, 0.6) is 5.75 Å². The Kier molecular flexibility index (Phi) is 5.64. The van der Waals surface area contributed by atoms with Crippen molar-refractivity contribution < 1.29 is 23.1 Å². The van der Waals surface area contributed by atoms with Crippen molar-refractivity contribution in [1.29, 1.82) is 0 Å². The molecule has 7 heteroatoms. The number of carboxylic acid groups (broad SMARTS) is 1. The summed E-state index contributed by atoms with van der Waals surface area (Å²) in [4.78, 5) is 11.2. The number of ether oxygens (including phenoxy) is 1. The second-order valence-electron chi connectivity index (χ2n) is 5.85. The van der Waals surface area contributed by atoms with E-state index in [9.17, 15) is 13.2 Å². The minimum Gasteiger partial charge on any atom is -0.497 e. The van der Waals surface area contributed by atoms with Crippen molar-refractivity contribution in [2.24, 2.45) is 11.8 Å². The summed E-state index contributed by atoms with van der Waals surface area (Å²) >= 11 is 0. The molecule has 0 radical (unpaired) electrons. The third-order valence-electron chi connectivity index (χ3n) is 4.51. The Bertz CT molecular complexity index is 641. The van der Waals surface area contributed by atoms with Crippen molar-refractivity contribution in [3.63, 3.8) is 0 Å². The van der Waals surface area contributed by atoms with Gasteiger partial charge in [0.1, 0.15) is 5.75 Å². The van der Waals surface area contributed by atoms with Gasteiger partial charge in [0, 0.05) is 19.5 Å². The van der Waals surface area contributed by atoms with E-state index in [0.717, 1.165) is 6.42 Å². The van der Waals surface area contributed by atoms with Crippen molar-refractivity contribution in [2.75, 3.05) is 20.2 Å². The SMILES string of the molecule is CCC1CN(S(=O)(=O)c2ccc(OC)cc2)CCC1CC(=O)O. The molecule has 2 atom stereocenters. The van der Waals surface area contributed by atoms with E-state index < -0.39 is 16.0 Å². The van der Waals surface area contributed by atoms with Crippen LogP contribution in [0.1, 0.15) is 26.2 Å². The van der Waals surface area contributed by atoms with E-state index in [1.54, 1.807) is 24.3 Å². The number of rotatable bonds is 6. The van der Waals surface area contributed by atoms with Crippen LogP contribution in [0.15, 0.2) is 29.2 Å². The van der Waals surface area contributed by atoms with Crippen LogP contribution in [0.25, 0.3) is 0 Å². The standard InChI is InChI=1S/C16H23NO5S/c1-3-12-11-17(9-8-13(12)10-16(18)19)23(20,21)15-6-4-14(22-2)5-7-15/h4-7,12-13H,3,8-11H2,1-2H3,(H,18,19). The fourth-order valence-corrected chi connectivity index (χ4v) is 4.63. The lowest BCUT2D eigenvalue weighted by Crippen LogP contribution is -2.44. The topological polar surface area (TPSA) is 83.9 Å². The molecule has 128 valence electrons. The Hall–Kier alpha value is -1.60. The number of carboxylic acids is 1. The molecule has 0 spiro atoms. The third kappa shape index (κ3) is 4.03. The largest absolute Gasteiger partial charge is 0.497 e. The lowest BCUT2D eigenvalue weighted by molar-refractivity contribution is -0.138. The molecule has 0 amide bonds. The molecule has 1 N–H and O–H groups in total. The molecule has 1 saturated heterocycles. The minimum atomic E-state index is -3.55. The minimum absolute atomic E-state index is 0.0415. The first kappa shape index (κ1) is 17.7. The van der Waals surface area contributed by atoms with Gasteiger partial charge in [0.05, 0.1) is 12.0 Å². The molecule has 1 aromatic rings. The highest BCUT2D eigenvalue weighted by molar-refractivity contribution is 7.89. The van der Waals surface area contributed by atoms with Crippen LogP contribution >= 0.6 is 0 Å². The zero-order chi connectivity index (χ0) is 17.0. The monoisotopic (exact) mass is 341 g/mol. The Morgan fingerprint density at radius 3 is 2.48 bits per heavy atom. The van der Waals surface area contributed by atoms with Crippen LogP contribution in [-0.2, 0) is 14.8 Å². The fraction of sp³-hybridized carbons (Fsp3) is 0.562. The van der Waals surface area contributed by atoms with E-state index in [2.05, 4.69) is 0 Å². The van der Waals surface area contributed by atoms with Gasteiger partial charge in [-0.25, -0.2) is 8.42 Å². The molecule has 1 aliphatic rings. The maximum absolute atomic E-state index is 12.7. The molecule has 1 aromatic carbocycles. The van der Waals surface area contributed by atoms with Gasteiger partial charge in [-0.3, -0.25) is 4.79 Å². The van der Waals surface area contributed by atoms with E-state index in [-0.39, 0.29) is 23.2 Å². The van der Waals surface area contributed by atoms with E-state index in [4.69, 9.17) is 9.84 Å². The van der Waals surface area contributed by atoms with Gasteiger partial charge in [0.2, 0.25) is 10.0 Å². The van der Waals surface area contributed by atoms with Crippen LogP contribution in [0, 0.1) is 11.8 Å². The second kappa shape index (κ2) is 7.31. The average Bonchev–Trinajstić information content (AvgIpc) is 2.54. The predicted molar refractivity (Wildman–Crippen MR) is 85.9 cm³/mol. The summed E-state index contributed by atoms with van der Waals surface area (Å²) in [7, 11) is -2.02. The van der Waals surface area contributed by atoms with E-state index in [0.29, 0.717) is 25.3 Å². The van der Waals surface area contributed by atoms with Crippen molar-refractivity contribution in [2.45, 2.75) is 31.1 Å². The summed E-state index contributed by atoms with van der Waals surface area (Å²) in [6.07, 6.45) is 1.46. The first-order valence-corrected chi connectivity index (χ1v) is 9.18. The van der Waals surface area contributed by atoms with Crippen molar-refractivity contribution in [3.05, 3.63) is 24.3 Å². The van der Waals surface area contributed by atoms with E-state index in [1.807, 2.05) is 6.92 Å². The maximum atomic E-state index is 12.7. The third-order valence-corrected chi connectivity index (χ3v) is 6.39. The molecular weight excluding hydrogens is 318 g/mol. The van der Waals surface area contributed by atoms with Crippen LogP contribution in [0.2, 0.25) is 0 Å². The predicted octanol–water partition coefficient (Wildman–Crippen LogP) is 2.21. The Balaban J connectivity index is 2.15. The number of benzene rings is 1. The quantitative estimate of drug-likeness (QED) is 0.857. The first-order chi connectivity index (χ1) is 10.9. The molecule has 2 unspecified atom stereocenters. The lowest BCUT2D eigenvalue weighted by Gasteiger charge is -2.37. The smallest absolute Gasteiger partial charge is 0.303 e. The number of hydrogen-bond donors (Lipinski definition) is 1. The summed E-state index contributed by atoms with van der Waals surface area (Å²) in [5.74, 6) is -0.0943. The van der Waals surface area contributed by atoms with Crippen LogP contribution in [0.3, 0.4) is 0 Å². The Morgan fingerprint density at radius 2 is 1.96 bits per heavy atom. The molecule has 1 aliphatic heterocycles. The van der Waals surface area contributed by atoms with E-state index >= 15 is 0 Å². The van der Waals surface area contributed by atoms with Crippen molar-refractivity contribution >= 4 is 16.0 Å². The second-order valence-corrected chi connectivity index (χ2v) is 7.79. The highest BCUT2D eigenvalue weighted by atomic mass is 32.2. The highest BCUT2D eigenvalue weighted by Gasteiger charge is 2.35. The first-order valence-electron chi connectivity index (χ1n) is 7.74. The highest BCUT2D eigenvalue weighted by Crippen LogP contribution is 2.32. The van der Waals surface area contributed by atoms with Gasteiger partial charge in [0.15, 0.2) is 0 Å². The van der Waals surface area contributed by atoms with Gasteiger partial charge in [0.25, 0.3) is 0 Å². The molecule has 0 aromatic heterocycles. The number of piperidine rings is 1. The van der Waals surface area contributed by atoms with Gasteiger partial charge in [-0.2, -0.15) is 4.31 Å². The van der Waals surface area contributed by atoms with Gasteiger partial charge in [-0.05, 0) is 42.5 Å². The number of carbonyl (C=O) groups is 1. The maximum Gasteiger partial charge on any atom is 0.303 e. The number of aliphatic carboxylic acids is 1. The molecule has 0 bridgehead atoms. The summed E-state index contributed by atoms with van der Waals surface area (Å²) < 4.78 is 32.0. The summed E-state index contributed by atoms with van der Waals surface area (Å²) in [5, 5.41) is 8.99. The normalized spacial score (nSPS) is 22.7. The molecule has 0 saturated carbocycles. The average molecular weight is 341 g/mol. The summed E-state index contributed by atoms with van der Waals surface area (Å²) in [5.41, 5.74) is 0. The molecule has 1 heterocycles. The molecule has 6 nitrogen and oxygen atoms in total. The van der Waals surface area contributed by atoms with Crippen molar-refractivity contribution in [1.82, 2.24) is 4.31 Å². The van der Waals surface area contributed by atoms with Gasteiger partial charge in [-0.15, -0.1) is 0 Å². The molecule has 2 rings (SSSR count). The summed E-state index contributed by atoms with van der Waals surface area (Å²) in [6, 6.07) is 6.33. The van der Waals surface area contributed by atoms with Crippen LogP contribution in [0.4, 0.5) is 0 Å². The fourth-order valence-electron chi connectivity index (χ4n) is 3.12. The van der Waals surface area contributed by atoms with Gasteiger partial charge >= 0.3 is 5.97 Å².